The summed E-state index contributed by atoms with van der Waals surface area (Å²) in [4.78, 5) is 28.9. The summed E-state index contributed by atoms with van der Waals surface area (Å²) in [6.45, 7) is 7.10. The topological polar surface area (TPSA) is 105 Å². The summed E-state index contributed by atoms with van der Waals surface area (Å²) in [7, 11) is -1.40. The first-order chi connectivity index (χ1) is 20.4. The molecule has 2 atom stereocenters. The van der Waals surface area contributed by atoms with E-state index < -0.39 is 28.5 Å². The number of anilines is 1. The first kappa shape index (κ1) is 33.7. The van der Waals surface area contributed by atoms with Gasteiger partial charge in [-0.2, -0.15) is 0 Å². The molecule has 0 bridgehead atoms. The van der Waals surface area contributed by atoms with Crippen LogP contribution >= 0.6 is 11.6 Å². The molecule has 43 heavy (non-hydrogen) atoms. The lowest BCUT2D eigenvalue weighted by molar-refractivity contribution is -0.140. The van der Waals surface area contributed by atoms with Gasteiger partial charge in [0.2, 0.25) is 11.8 Å². The number of hydrogen-bond acceptors (Lipinski definition) is 6. The van der Waals surface area contributed by atoms with Crippen LogP contribution in [0.25, 0.3) is 0 Å². The number of nitrogens with zero attached hydrogens (tertiary/aromatic N) is 2. The molecule has 0 saturated carbocycles. The molecule has 0 unspecified atom stereocenters. The Bertz CT molecular complexity index is 1500. The highest BCUT2D eigenvalue weighted by Gasteiger charge is 2.34. The highest BCUT2D eigenvalue weighted by atomic mass is 35.5. The van der Waals surface area contributed by atoms with E-state index in [0.717, 1.165) is 21.9 Å². The lowest BCUT2D eigenvalue weighted by Crippen LogP contribution is -2.53. The Balaban J connectivity index is 2.09. The minimum atomic E-state index is -4.27. The van der Waals surface area contributed by atoms with Crippen LogP contribution in [0.1, 0.15) is 44.7 Å². The second-order valence-corrected chi connectivity index (χ2v) is 12.6. The summed E-state index contributed by atoms with van der Waals surface area (Å²) in [5, 5.41) is 3.51. The molecule has 2 amide bonds. The largest absolute Gasteiger partial charge is 0.493 e. The Labute approximate surface area is 259 Å². The van der Waals surface area contributed by atoms with Crippen LogP contribution in [0.15, 0.2) is 71.6 Å². The third-order valence-corrected chi connectivity index (χ3v) is 9.22. The number of rotatable bonds is 14. The van der Waals surface area contributed by atoms with Crippen LogP contribution in [-0.4, -0.2) is 58.0 Å². The molecule has 0 aliphatic rings. The lowest BCUT2D eigenvalue weighted by Gasteiger charge is -2.33. The fourth-order valence-electron chi connectivity index (χ4n) is 4.49. The molecule has 0 fully saturated rings. The van der Waals surface area contributed by atoms with Crippen LogP contribution < -0.4 is 19.1 Å². The van der Waals surface area contributed by atoms with Gasteiger partial charge in [-0.15, -0.1) is 0 Å². The van der Waals surface area contributed by atoms with Crippen molar-refractivity contribution >= 4 is 39.1 Å². The molecule has 3 aromatic carbocycles. The molecule has 1 N–H and O–H groups in total. The van der Waals surface area contributed by atoms with Gasteiger partial charge in [0.05, 0.1) is 24.8 Å². The van der Waals surface area contributed by atoms with Crippen LogP contribution in [0.5, 0.6) is 11.5 Å². The zero-order chi connectivity index (χ0) is 31.7. The number of aryl methyl sites for hydroxylation is 1. The van der Waals surface area contributed by atoms with E-state index in [9.17, 15) is 18.0 Å². The molecule has 0 spiro atoms. The van der Waals surface area contributed by atoms with E-state index in [0.29, 0.717) is 22.9 Å². The van der Waals surface area contributed by atoms with Crippen molar-refractivity contribution < 1.29 is 27.5 Å². The van der Waals surface area contributed by atoms with Crippen molar-refractivity contribution in [2.75, 3.05) is 25.1 Å². The monoisotopic (exact) mass is 629 g/mol. The molecule has 0 aromatic heterocycles. The average Bonchev–Trinajstić information content (AvgIpc) is 3.00. The van der Waals surface area contributed by atoms with E-state index in [4.69, 9.17) is 21.1 Å². The van der Waals surface area contributed by atoms with Crippen molar-refractivity contribution in [2.24, 2.45) is 0 Å². The summed E-state index contributed by atoms with van der Waals surface area (Å²) >= 11 is 6.09. The van der Waals surface area contributed by atoms with Gasteiger partial charge < -0.3 is 19.7 Å². The lowest BCUT2D eigenvalue weighted by atomic mass is 10.1. The number of sulfonamides is 1. The number of nitrogens with one attached hydrogen (secondary N) is 1. The fourth-order valence-corrected chi connectivity index (χ4v) is 6.05. The minimum absolute atomic E-state index is 0.0793. The SMILES string of the molecule is CC[C@@H](C)NC(=O)[C@H](CC)N(Cc1ccc(Cl)cc1)C(=O)CN(c1ccc(C)cc1)S(=O)(=O)c1ccc(OC)c(OC)c1. The van der Waals surface area contributed by atoms with Gasteiger partial charge in [0.15, 0.2) is 11.5 Å². The second-order valence-electron chi connectivity index (χ2n) is 10.3. The van der Waals surface area contributed by atoms with Crippen molar-refractivity contribution in [3.8, 4) is 11.5 Å². The average molecular weight is 630 g/mol. The van der Waals surface area contributed by atoms with Crippen LogP contribution in [0.3, 0.4) is 0 Å². The van der Waals surface area contributed by atoms with Gasteiger partial charge in [0, 0.05) is 23.7 Å². The van der Waals surface area contributed by atoms with Crippen molar-refractivity contribution in [1.82, 2.24) is 10.2 Å². The zero-order valence-electron chi connectivity index (χ0n) is 25.5. The predicted octanol–water partition coefficient (Wildman–Crippen LogP) is 5.58. The van der Waals surface area contributed by atoms with E-state index in [1.165, 1.54) is 37.3 Å². The number of carbonyl (C=O) groups is 2. The molecule has 0 radical (unpaired) electrons. The normalized spacial score (nSPS) is 12.6. The van der Waals surface area contributed by atoms with Crippen molar-refractivity contribution in [3.05, 3.63) is 82.9 Å². The molecule has 0 saturated heterocycles. The Kier molecular flexibility index (Phi) is 11.9. The highest BCUT2D eigenvalue weighted by molar-refractivity contribution is 7.92. The number of carbonyl (C=O) groups excluding carboxylic acids is 2. The van der Waals surface area contributed by atoms with Crippen molar-refractivity contribution in [3.63, 3.8) is 0 Å². The zero-order valence-corrected chi connectivity index (χ0v) is 27.0. The van der Waals surface area contributed by atoms with E-state index >= 15 is 0 Å². The molecule has 0 heterocycles. The van der Waals surface area contributed by atoms with Gasteiger partial charge in [-0.3, -0.25) is 13.9 Å². The van der Waals surface area contributed by atoms with Crippen molar-refractivity contribution in [1.29, 1.82) is 0 Å². The molecule has 3 rings (SSSR count). The molecular formula is C32H40ClN3O6S. The van der Waals surface area contributed by atoms with Gasteiger partial charge in [0.1, 0.15) is 12.6 Å². The molecule has 0 aliphatic carbocycles. The Morgan fingerprint density at radius 1 is 0.907 bits per heavy atom. The van der Waals surface area contributed by atoms with Gasteiger partial charge in [-0.05, 0) is 68.7 Å². The summed E-state index contributed by atoms with van der Waals surface area (Å²) in [5.41, 5.74) is 1.98. The number of halogens is 1. The number of ether oxygens (including phenoxy) is 2. The molecule has 3 aromatic rings. The number of methoxy groups -OCH3 is 2. The quantitative estimate of drug-likeness (QED) is 0.250. The van der Waals surface area contributed by atoms with Crippen molar-refractivity contribution in [2.45, 2.75) is 64.1 Å². The van der Waals surface area contributed by atoms with E-state index in [1.54, 1.807) is 48.5 Å². The third-order valence-electron chi connectivity index (χ3n) is 7.20. The maximum Gasteiger partial charge on any atom is 0.264 e. The van der Waals surface area contributed by atoms with Crippen LogP contribution in [0, 0.1) is 6.92 Å². The summed E-state index contributed by atoms with van der Waals surface area (Å²) in [6, 6.07) is 17.2. The molecule has 11 heteroatoms. The second kappa shape index (κ2) is 15.1. The summed E-state index contributed by atoms with van der Waals surface area (Å²) < 4.78 is 40.0. The Morgan fingerprint density at radius 3 is 2.09 bits per heavy atom. The maximum absolute atomic E-state index is 14.2. The molecule has 0 aliphatic heterocycles. The molecule has 232 valence electrons. The molecule has 9 nitrogen and oxygen atoms in total. The predicted molar refractivity (Wildman–Crippen MR) is 169 cm³/mol. The van der Waals surface area contributed by atoms with Gasteiger partial charge in [-0.25, -0.2) is 8.42 Å². The van der Waals surface area contributed by atoms with Crippen LogP contribution in [0.2, 0.25) is 5.02 Å². The Hall–Kier alpha value is -3.76. The smallest absolute Gasteiger partial charge is 0.264 e. The van der Waals surface area contributed by atoms with Crippen LogP contribution in [0.4, 0.5) is 5.69 Å². The summed E-state index contributed by atoms with van der Waals surface area (Å²) in [5.74, 6) is -0.239. The highest BCUT2D eigenvalue weighted by Crippen LogP contribution is 2.32. The first-order valence-electron chi connectivity index (χ1n) is 14.1. The number of hydrogen-bond donors (Lipinski definition) is 1. The number of amides is 2. The molecular weight excluding hydrogens is 590 g/mol. The van der Waals surface area contributed by atoms with E-state index in [2.05, 4.69) is 5.32 Å². The van der Waals surface area contributed by atoms with Gasteiger partial charge in [0.25, 0.3) is 10.0 Å². The Morgan fingerprint density at radius 2 is 1.53 bits per heavy atom. The maximum atomic E-state index is 14.2. The van der Waals surface area contributed by atoms with E-state index in [1.807, 2.05) is 27.7 Å². The van der Waals surface area contributed by atoms with Gasteiger partial charge in [-0.1, -0.05) is 55.3 Å². The minimum Gasteiger partial charge on any atom is -0.493 e. The van der Waals surface area contributed by atoms with E-state index in [-0.39, 0.29) is 29.1 Å². The van der Waals surface area contributed by atoms with Gasteiger partial charge >= 0.3 is 0 Å². The first-order valence-corrected chi connectivity index (χ1v) is 15.9. The third kappa shape index (κ3) is 8.42. The fraction of sp³-hybridized carbons (Fsp3) is 0.375. The summed E-state index contributed by atoms with van der Waals surface area (Å²) in [6.07, 6.45) is 1.05. The standard InChI is InChI=1S/C32H40ClN3O6S/c1-7-23(4)34-32(38)28(8-2)35(20-24-11-13-25(33)14-12-24)31(37)21-36(26-15-9-22(3)10-16-26)43(39,40)27-17-18-29(41-5)30(19-27)42-6/h9-19,23,28H,7-8,20-21H2,1-6H3,(H,34,38)/t23-,28+/m1/s1. The number of benzene rings is 3. The van der Waals surface area contributed by atoms with Crippen LogP contribution in [-0.2, 0) is 26.2 Å².